The number of likely N-dealkylation sites (tertiary alicyclic amines) is 1. The number of hydrogen-bond acceptors (Lipinski definition) is 4. The Hall–Kier alpha value is -2.15. The Morgan fingerprint density at radius 1 is 1.46 bits per heavy atom. The van der Waals surface area contributed by atoms with Crippen LogP contribution >= 0.6 is 11.3 Å². The summed E-state index contributed by atoms with van der Waals surface area (Å²) in [5.41, 5.74) is 0.701. The van der Waals surface area contributed by atoms with Gasteiger partial charge in [-0.3, -0.25) is 14.3 Å². The van der Waals surface area contributed by atoms with Crippen molar-refractivity contribution in [1.82, 2.24) is 14.7 Å². The van der Waals surface area contributed by atoms with Crippen molar-refractivity contribution in [2.45, 2.75) is 31.8 Å². The van der Waals surface area contributed by atoms with Crippen molar-refractivity contribution in [2.75, 3.05) is 12.4 Å². The molecular formula is C17H20N4O2S. The maximum absolute atomic E-state index is 12.7. The summed E-state index contributed by atoms with van der Waals surface area (Å²) >= 11 is 1.58. The van der Waals surface area contributed by atoms with Crippen molar-refractivity contribution < 1.29 is 9.59 Å². The van der Waals surface area contributed by atoms with Crippen LogP contribution in [0, 0.1) is 11.8 Å². The number of nitrogens with zero attached hydrogens (tertiary/aromatic N) is 3. The van der Waals surface area contributed by atoms with Crippen LogP contribution in [0.4, 0.5) is 5.69 Å². The molecule has 1 aliphatic carbocycles. The van der Waals surface area contributed by atoms with Gasteiger partial charge in [0, 0.05) is 31.1 Å². The zero-order chi connectivity index (χ0) is 16.7. The third-order valence-electron chi connectivity index (χ3n) is 4.80. The molecule has 0 radical (unpaired) electrons. The van der Waals surface area contributed by atoms with Crippen molar-refractivity contribution in [3.63, 3.8) is 0 Å². The first kappa shape index (κ1) is 15.4. The average Bonchev–Trinajstić information content (AvgIpc) is 2.95. The number of rotatable bonds is 5. The second-order valence-electron chi connectivity index (χ2n) is 6.66. The van der Waals surface area contributed by atoms with Crippen LogP contribution in [-0.4, -0.2) is 33.5 Å². The van der Waals surface area contributed by atoms with Crippen molar-refractivity contribution in [1.29, 1.82) is 0 Å². The molecule has 2 fully saturated rings. The molecule has 2 aliphatic rings. The summed E-state index contributed by atoms with van der Waals surface area (Å²) in [6.07, 6.45) is 6.33. The molecule has 126 valence electrons. The monoisotopic (exact) mass is 344 g/mol. The van der Waals surface area contributed by atoms with Crippen LogP contribution in [0.5, 0.6) is 0 Å². The van der Waals surface area contributed by atoms with Crippen molar-refractivity contribution in [2.24, 2.45) is 11.8 Å². The molecule has 2 atom stereocenters. The molecule has 2 amide bonds. The fourth-order valence-corrected chi connectivity index (χ4v) is 4.21. The van der Waals surface area contributed by atoms with E-state index in [2.05, 4.69) is 10.4 Å². The highest BCUT2D eigenvalue weighted by atomic mass is 32.1. The van der Waals surface area contributed by atoms with Crippen LogP contribution in [-0.2, 0) is 16.1 Å². The number of hydrogen-bond donors (Lipinski definition) is 1. The molecule has 1 saturated carbocycles. The molecule has 1 saturated heterocycles. The largest absolute Gasteiger partial charge is 0.337 e. The van der Waals surface area contributed by atoms with E-state index >= 15 is 0 Å². The summed E-state index contributed by atoms with van der Waals surface area (Å²) in [6, 6.07) is 3.75. The molecular weight excluding hydrogens is 324 g/mol. The van der Waals surface area contributed by atoms with Crippen LogP contribution in [0.15, 0.2) is 29.9 Å². The summed E-state index contributed by atoms with van der Waals surface area (Å²) in [6.45, 7) is 0.915. The number of aromatic nitrogens is 2. The Balaban J connectivity index is 1.48. The molecule has 2 aromatic heterocycles. The minimum atomic E-state index is -0.368. The van der Waals surface area contributed by atoms with Gasteiger partial charge >= 0.3 is 0 Å². The van der Waals surface area contributed by atoms with E-state index < -0.39 is 0 Å². The van der Waals surface area contributed by atoms with Gasteiger partial charge in [0.15, 0.2) is 0 Å². The molecule has 0 bridgehead atoms. The molecule has 0 unspecified atom stereocenters. The van der Waals surface area contributed by atoms with E-state index in [4.69, 9.17) is 0 Å². The molecule has 0 aromatic carbocycles. The van der Waals surface area contributed by atoms with Crippen molar-refractivity contribution >= 4 is 28.8 Å². The van der Waals surface area contributed by atoms with Gasteiger partial charge in [-0.1, -0.05) is 6.07 Å². The van der Waals surface area contributed by atoms with E-state index in [1.807, 2.05) is 28.4 Å². The zero-order valence-corrected chi connectivity index (χ0v) is 14.3. The van der Waals surface area contributed by atoms with Crippen LogP contribution in [0.3, 0.4) is 0 Å². The van der Waals surface area contributed by atoms with Gasteiger partial charge in [-0.05, 0) is 30.2 Å². The van der Waals surface area contributed by atoms with Crippen LogP contribution in [0.2, 0.25) is 0 Å². The Morgan fingerprint density at radius 3 is 3.00 bits per heavy atom. The molecule has 24 heavy (non-hydrogen) atoms. The standard InChI is InChI=1S/C17H20N4O2S/c1-20-15(22)7-13(16(20)14-3-2-6-24-14)17(23)19-12-8-18-21(10-12)9-11-4-5-11/h2-3,6,8,10-11,13,16H,4-5,7,9H2,1H3,(H,19,23)/t13-,16-/m0/s1. The predicted molar refractivity (Wildman–Crippen MR) is 91.5 cm³/mol. The number of anilines is 1. The Kier molecular flexibility index (Phi) is 3.88. The highest BCUT2D eigenvalue weighted by Gasteiger charge is 2.43. The fourth-order valence-electron chi connectivity index (χ4n) is 3.28. The van der Waals surface area contributed by atoms with Crippen LogP contribution in [0.1, 0.15) is 30.2 Å². The molecule has 3 heterocycles. The highest BCUT2D eigenvalue weighted by molar-refractivity contribution is 7.10. The van der Waals surface area contributed by atoms with Gasteiger partial charge in [0.05, 0.1) is 23.8 Å². The Labute approximate surface area is 144 Å². The van der Waals surface area contributed by atoms with Crippen molar-refractivity contribution in [3.8, 4) is 0 Å². The van der Waals surface area contributed by atoms with E-state index in [-0.39, 0.29) is 30.2 Å². The van der Waals surface area contributed by atoms with Gasteiger partial charge in [-0.25, -0.2) is 0 Å². The molecule has 1 aliphatic heterocycles. The third-order valence-corrected chi connectivity index (χ3v) is 5.74. The van der Waals surface area contributed by atoms with Gasteiger partial charge in [0.1, 0.15) is 0 Å². The highest BCUT2D eigenvalue weighted by Crippen LogP contribution is 2.39. The quantitative estimate of drug-likeness (QED) is 0.906. The van der Waals surface area contributed by atoms with E-state index in [0.717, 1.165) is 17.3 Å². The maximum Gasteiger partial charge on any atom is 0.230 e. The zero-order valence-electron chi connectivity index (χ0n) is 13.5. The van der Waals surface area contributed by atoms with Crippen LogP contribution in [0.25, 0.3) is 0 Å². The lowest BCUT2D eigenvalue weighted by atomic mass is 9.98. The predicted octanol–water partition coefficient (Wildman–Crippen LogP) is 2.51. The Morgan fingerprint density at radius 2 is 2.29 bits per heavy atom. The number of amides is 2. The molecule has 6 nitrogen and oxygen atoms in total. The van der Waals surface area contributed by atoms with Crippen LogP contribution < -0.4 is 5.32 Å². The maximum atomic E-state index is 12.7. The normalized spacial score (nSPS) is 23.7. The lowest BCUT2D eigenvalue weighted by Gasteiger charge is -2.23. The number of carbonyl (C=O) groups is 2. The molecule has 2 aromatic rings. The second kappa shape index (κ2) is 6.05. The number of nitrogens with one attached hydrogen (secondary N) is 1. The SMILES string of the molecule is CN1C(=O)C[C@H](C(=O)Nc2cnn(CC3CC3)c2)[C@H]1c1cccs1. The van der Waals surface area contributed by atoms with Gasteiger partial charge < -0.3 is 10.2 Å². The summed E-state index contributed by atoms with van der Waals surface area (Å²) < 4.78 is 1.88. The first-order valence-corrected chi connectivity index (χ1v) is 9.12. The second-order valence-corrected chi connectivity index (χ2v) is 7.64. The molecule has 0 spiro atoms. The van der Waals surface area contributed by atoms with Crippen molar-refractivity contribution in [3.05, 3.63) is 34.8 Å². The smallest absolute Gasteiger partial charge is 0.230 e. The summed E-state index contributed by atoms with van der Waals surface area (Å²) in [4.78, 5) is 27.6. The molecule has 4 rings (SSSR count). The van der Waals surface area contributed by atoms with Gasteiger partial charge in [-0.2, -0.15) is 5.10 Å². The Bertz CT molecular complexity index is 750. The minimum Gasteiger partial charge on any atom is -0.337 e. The third kappa shape index (κ3) is 2.96. The molecule has 7 heteroatoms. The summed E-state index contributed by atoms with van der Waals surface area (Å²) in [7, 11) is 1.77. The summed E-state index contributed by atoms with van der Waals surface area (Å²) in [5, 5.41) is 9.21. The number of thiophene rings is 1. The fraction of sp³-hybridized carbons (Fsp3) is 0.471. The first-order valence-electron chi connectivity index (χ1n) is 8.24. The van der Waals surface area contributed by atoms with E-state index in [1.54, 1.807) is 29.5 Å². The minimum absolute atomic E-state index is 0.0120. The lowest BCUT2D eigenvalue weighted by Crippen LogP contribution is -2.29. The van der Waals surface area contributed by atoms with Gasteiger partial charge in [0.2, 0.25) is 11.8 Å². The van der Waals surface area contributed by atoms with E-state index in [0.29, 0.717) is 5.69 Å². The number of carbonyl (C=O) groups excluding carboxylic acids is 2. The average molecular weight is 344 g/mol. The topological polar surface area (TPSA) is 67.2 Å². The van der Waals surface area contributed by atoms with E-state index in [9.17, 15) is 9.59 Å². The van der Waals surface area contributed by atoms with E-state index in [1.165, 1.54) is 12.8 Å². The first-order chi connectivity index (χ1) is 11.6. The molecule has 1 N–H and O–H groups in total. The van der Waals surface area contributed by atoms with Gasteiger partial charge in [-0.15, -0.1) is 11.3 Å². The lowest BCUT2D eigenvalue weighted by molar-refractivity contribution is -0.127. The van der Waals surface area contributed by atoms with Gasteiger partial charge in [0.25, 0.3) is 0 Å². The summed E-state index contributed by atoms with van der Waals surface area (Å²) in [5.74, 6) is 0.265.